The normalized spacial score (nSPS) is 16.8. The van der Waals surface area contributed by atoms with Crippen LogP contribution in [0.15, 0.2) is 9.95 Å². The van der Waals surface area contributed by atoms with Crippen LogP contribution in [0.3, 0.4) is 0 Å². The molecule has 6 nitrogen and oxygen atoms in total. The van der Waals surface area contributed by atoms with E-state index in [1.807, 2.05) is 0 Å². The van der Waals surface area contributed by atoms with Crippen molar-refractivity contribution in [3.8, 4) is 0 Å². The van der Waals surface area contributed by atoms with Gasteiger partial charge in [0.2, 0.25) is 0 Å². The first-order valence-electron chi connectivity index (χ1n) is 5.51. The number of aromatic nitrogens is 3. The Balaban J connectivity index is 1.99. The molecule has 1 atom stereocenters. The standard InChI is InChI=1S/C10H15N3O3S/c1-6(8(14)16-2)5-17-10-12-11-9(15)13(10)7-3-4-7/h6-7H,3-5H2,1-2H3,(H,11,15). The van der Waals surface area contributed by atoms with Gasteiger partial charge in [0.15, 0.2) is 5.16 Å². The van der Waals surface area contributed by atoms with Gasteiger partial charge < -0.3 is 4.74 Å². The second-order valence-electron chi connectivity index (χ2n) is 4.15. The number of rotatable bonds is 5. The van der Waals surface area contributed by atoms with Gasteiger partial charge in [-0.15, -0.1) is 5.10 Å². The molecule has 17 heavy (non-hydrogen) atoms. The molecule has 1 aromatic rings. The van der Waals surface area contributed by atoms with Crippen molar-refractivity contribution < 1.29 is 9.53 Å². The van der Waals surface area contributed by atoms with Gasteiger partial charge in [0.1, 0.15) is 0 Å². The lowest BCUT2D eigenvalue weighted by Crippen LogP contribution is -2.18. The van der Waals surface area contributed by atoms with Crippen LogP contribution in [0.2, 0.25) is 0 Å². The van der Waals surface area contributed by atoms with E-state index < -0.39 is 0 Å². The van der Waals surface area contributed by atoms with Crippen LogP contribution in [0.5, 0.6) is 0 Å². The Hall–Kier alpha value is -1.24. The molecule has 1 aromatic heterocycles. The van der Waals surface area contributed by atoms with Crippen molar-refractivity contribution in [3.05, 3.63) is 10.5 Å². The van der Waals surface area contributed by atoms with E-state index in [4.69, 9.17) is 0 Å². The molecule has 0 saturated heterocycles. The number of H-pyrrole nitrogens is 1. The average molecular weight is 257 g/mol. The predicted molar refractivity (Wildman–Crippen MR) is 63.0 cm³/mol. The van der Waals surface area contributed by atoms with Gasteiger partial charge in [-0.05, 0) is 12.8 Å². The Labute approximate surface area is 103 Å². The third kappa shape index (κ3) is 2.71. The van der Waals surface area contributed by atoms with Gasteiger partial charge in [0.25, 0.3) is 0 Å². The molecule has 94 valence electrons. The van der Waals surface area contributed by atoms with Gasteiger partial charge in [0, 0.05) is 11.8 Å². The SMILES string of the molecule is COC(=O)C(C)CSc1n[nH]c(=O)n1C1CC1. The van der Waals surface area contributed by atoms with Crippen LogP contribution in [0, 0.1) is 5.92 Å². The maximum Gasteiger partial charge on any atom is 0.344 e. The summed E-state index contributed by atoms with van der Waals surface area (Å²) in [6, 6.07) is 0.289. The fourth-order valence-electron chi connectivity index (χ4n) is 1.52. The number of aromatic amines is 1. The Kier molecular flexibility index (Phi) is 3.56. The highest BCUT2D eigenvalue weighted by atomic mass is 32.2. The van der Waals surface area contributed by atoms with Gasteiger partial charge in [-0.25, -0.2) is 9.89 Å². The maximum absolute atomic E-state index is 11.5. The van der Waals surface area contributed by atoms with Crippen molar-refractivity contribution >= 4 is 17.7 Å². The molecule has 1 saturated carbocycles. The summed E-state index contributed by atoms with van der Waals surface area (Å²) in [6.45, 7) is 1.80. The number of carbonyl (C=O) groups is 1. The molecule has 1 heterocycles. The first kappa shape index (κ1) is 12.2. The van der Waals surface area contributed by atoms with Crippen molar-refractivity contribution in [1.82, 2.24) is 14.8 Å². The van der Waals surface area contributed by atoms with Crippen LogP contribution in [-0.4, -0.2) is 33.6 Å². The van der Waals surface area contributed by atoms with Gasteiger partial charge in [-0.2, -0.15) is 0 Å². The highest BCUT2D eigenvalue weighted by Crippen LogP contribution is 2.36. The Morgan fingerprint density at radius 1 is 1.71 bits per heavy atom. The maximum atomic E-state index is 11.5. The lowest BCUT2D eigenvalue weighted by Gasteiger charge is -2.08. The minimum Gasteiger partial charge on any atom is -0.469 e. The molecular formula is C10H15N3O3S. The number of thioether (sulfide) groups is 1. The third-order valence-electron chi connectivity index (χ3n) is 2.65. The molecule has 0 aromatic carbocycles. The molecule has 0 amide bonds. The number of ether oxygens (including phenoxy) is 1. The number of esters is 1. The van der Waals surface area contributed by atoms with Gasteiger partial charge in [-0.1, -0.05) is 18.7 Å². The zero-order valence-electron chi connectivity index (χ0n) is 9.80. The van der Waals surface area contributed by atoms with Gasteiger partial charge in [0.05, 0.1) is 13.0 Å². The highest BCUT2D eigenvalue weighted by molar-refractivity contribution is 7.99. The zero-order valence-corrected chi connectivity index (χ0v) is 10.6. The predicted octanol–water partition coefficient (Wildman–Crippen LogP) is 0.807. The summed E-state index contributed by atoms with van der Waals surface area (Å²) in [4.78, 5) is 22.7. The van der Waals surface area contributed by atoms with E-state index in [9.17, 15) is 9.59 Å². The number of nitrogens with zero attached hydrogens (tertiary/aromatic N) is 2. The van der Waals surface area contributed by atoms with E-state index in [-0.39, 0.29) is 23.6 Å². The molecule has 0 bridgehead atoms. The second kappa shape index (κ2) is 4.95. The van der Waals surface area contributed by atoms with Crippen LogP contribution in [0.25, 0.3) is 0 Å². The van der Waals surface area contributed by atoms with E-state index in [0.717, 1.165) is 12.8 Å². The molecule has 0 spiro atoms. The van der Waals surface area contributed by atoms with E-state index in [0.29, 0.717) is 10.9 Å². The van der Waals surface area contributed by atoms with Crippen molar-refractivity contribution in [3.63, 3.8) is 0 Å². The lowest BCUT2D eigenvalue weighted by atomic mass is 10.2. The summed E-state index contributed by atoms with van der Waals surface area (Å²) in [6.07, 6.45) is 2.05. The first-order valence-corrected chi connectivity index (χ1v) is 6.49. The van der Waals surface area contributed by atoms with Crippen LogP contribution in [-0.2, 0) is 9.53 Å². The minimum atomic E-state index is -0.242. The van der Waals surface area contributed by atoms with Crippen LogP contribution >= 0.6 is 11.8 Å². The molecule has 1 aliphatic carbocycles. The molecule has 2 rings (SSSR count). The van der Waals surface area contributed by atoms with Crippen LogP contribution < -0.4 is 5.69 Å². The summed E-state index contributed by atoms with van der Waals surface area (Å²) >= 11 is 1.41. The summed E-state index contributed by atoms with van der Waals surface area (Å²) in [5.74, 6) is 0.113. The number of hydrogen-bond acceptors (Lipinski definition) is 5. The van der Waals surface area contributed by atoms with Crippen molar-refractivity contribution in [2.75, 3.05) is 12.9 Å². The number of hydrogen-bond donors (Lipinski definition) is 1. The quantitative estimate of drug-likeness (QED) is 0.624. The molecule has 1 N–H and O–H groups in total. The second-order valence-corrected chi connectivity index (χ2v) is 5.13. The summed E-state index contributed by atoms with van der Waals surface area (Å²) < 4.78 is 6.32. The first-order chi connectivity index (χ1) is 8.13. The number of carbonyl (C=O) groups excluding carboxylic acids is 1. The van der Waals surface area contributed by atoms with E-state index in [1.165, 1.54) is 18.9 Å². The third-order valence-corrected chi connectivity index (χ3v) is 3.86. The fraction of sp³-hybridized carbons (Fsp3) is 0.700. The Bertz CT molecular complexity index is 464. The van der Waals surface area contributed by atoms with Crippen LogP contribution in [0.1, 0.15) is 25.8 Å². The topological polar surface area (TPSA) is 77.0 Å². The number of nitrogens with one attached hydrogen (secondary N) is 1. The Morgan fingerprint density at radius 3 is 3.00 bits per heavy atom. The molecule has 1 fully saturated rings. The number of methoxy groups -OCH3 is 1. The molecule has 0 radical (unpaired) electrons. The molecular weight excluding hydrogens is 242 g/mol. The largest absolute Gasteiger partial charge is 0.469 e. The van der Waals surface area contributed by atoms with Gasteiger partial charge >= 0.3 is 11.7 Å². The van der Waals surface area contributed by atoms with E-state index in [1.54, 1.807) is 11.5 Å². The smallest absolute Gasteiger partial charge is 0.344 e. The molecule has 1 unspecified atom stereocenters. The average Bonchev–Trinajstić information content (AvgIpc) is 3.09. The van der Waals surface area contributed by atoms with E-state index in [2.05, 4.69) is 14.9 Å². The highest BCUT2D eigenvalue weighted by Gasteiger charge is 2.29. The molecule has 0 aliphatic heterocycles. The summed E-state index contributed by atoms with van der Waals surface area (Å²) in [7, 11) is 1.37. The van der Waals surface area contributed by atoms with Crippen molar-refractivity contribution in [2.24, 2.45) is 5.92 Å². The van der Waals surface area contributed by atoms with Crippen molar-refractivity contribution in [1.29, 1.82) is 0 Å². The van der Waals surface area contributed by atoms with Crippen LogP contribution in [0.4, 0.5) is 0 Å². The summed E-state index contributed by atoms with van der Waals surface area (Å²) in [5, 5.41) is 7.08. The molecule has 7 heteroatoms. The summed E-state index contributed by atoms with van der Waals surface area (Å²) in [5.41, 5.74) is -0.166. The monoisotopic (exact) mass is 257 g/mol. The fourth-order valence-corrected chi connectivity index (χ4v) is 2.53. The van der Waals surface area contributed by atoms with Crippen molar-refractivity contribution in [2.45, 2.75) is 31.0 Å². The lowest BCUT2D eigenvalue weighted by molar-refractivity contribution is -0.143. The minimum absolute atomic E-state index is 0.166. The van der Waals surface area contributed by atoms with Gasteiger partial charge in [-0.3, -0.25) is 9.36 Å². The Morgan fingerprint density at radius 2 is 2.41 bits per heavy atom. The molecule has 1 aliphatic rings. The zero-order chi connectivity index (χ0) is 12.4. The van der Waals surface area contributed by atoms with E-state index >= 15 is 0 Å².